The molecule has 23 heavy (non-hydrogen) atoms. The van der Waals surface area contributed by atoms with Crippen molar-refractivity contribution in [3.05, 3.63) is 22.4 Å². The predicted molar refractivity (Wildman–Crippen MR) is 92.7 cm³/mol. The van der Waals surface area contributed by atoms with E-state index >= 15 is 0 Å². The topological polar surface area (TPSA) is 64.6 Å². The maximum absolute atomic E-state index is 14.4. The molecule has 8 heteroatoms. The zero-order valence-electron chi connectivity index (χ0n) is 13.9. The van der Waals surface area contributed by atoms with Crippen LogP contribution in [0.3, 0.4) is 0 Å². The van der Waals surface area contributed by atoms with Gasteiger partial charge in [0.05, 0.1) is 24.2 Å². The molecule has 1 aromatic rings. The summed E-state index contributed by atoms with van der Waals surface area (Å²) in [6, 6.07) is 2.62. The van der Waals surface area contributed by atoms with Crippen molar-refractivity contribution < 1.29 is 22.8 Å². The molecular weight excluding hydrogens is 388 g/mol. The molecule has 0 spiro atoms. The largest absolute Gasteiger partial charge is 0.363 e. The third-order valence-corrected chi connectivity index (χ3v) is 5.44. The van der Waals surface area contributed by atoms with E-state index in [-0.39, 0.29) is 24.2 Å². The van der Waals surface area contributed by atoms with Crippen LogP contribution < -0.4 is 10.6 Å². The van der Waals surface area contributed by atoms with Gasteiger partial charge in [0.2, 0.25) is 5.91 Å². The number of carbonyl (C=O) groups excluding carboxylic acids is 1. The zero-order valence-corrected chi connectivity index (χ0v) is 16.4. The van der Waals surface area contributed by atoms with E-state index < -0.39 is 24.7 Å². The Hall–Kier alpha value is -0.750. The minimum Gasteiger partial charge on any atom is -0.322 e. The van der Waals surface area contributed by atoms with Crippen molar-refractivity contribution in [3.8, 4) is 0 Å². The first-order valence-electron chi connectivity index (χ1n) is 7.25. The molecule has 0 atom stereocenters. The number of benzene rings is 1. The van der Waals surface area contributed by atoms with Gasteiger partial charge in [-0.15, -0.1) is 0 Å². The van der Waals surface area contributed by atoms with E-state index in [1.54, 1.807) is 34.6 Å². The van der Waals surface area contributed by atoms with E-state index in [2.05, 4.69) is 21.2 Å². The average Bonchev–Trinajstić information content (AvgIpc) is 2.40. The van der Waals surface area contributed by atoms with Crippen LogP contribution in [0, 0.1) is 11.2 Å². The second kappa shape index (κ2) is 7.88. The number of hydrogen-bond acceptors (Lipinski definition) is 4. The SMILES string of the molecule is CCOP(=O)(OCC)c1cc(Br)cc(F)c1NC(=O)C(C)(C)C. The lowest BCUT2D eigenvalue weighted by Gasteiger charge is -2.23. The highest BCUT2D eigenvalue weighted by Gasteiger charge is 2.34. The highest BCUT2D eigenvalue weighted by molar-refractivity contribution is 9.10. The lowest BCUT2D eigenvalue weighted by Crippen LogP contribution is -2.31. The summed E-state index contributed by atoms with van der Waals surface area (Å²) in [6.45, 7) is 8.66. The molecule has 0 saturated carbocycles. The van der Waals surface area contributed by atoms with Crippen LogP contribution in [0.4, 0.5) is 10.1 Å². The maximum Gasteiger partial charge on any atom is 0.363 e. The van der Waals surface area contributed by atoms with Crippen molar-refractivity contribution in [3.63, 3.8) is 0 Å². The first kappa shape index (κ1) is 20.3. The van der Waals surface area contributed by atoms with Crippen LogP contribution >= 0.6 is 23.5 Å². The van der Waals surface area contributed by atoms with Crippen molar-refractivity contribution in [1.82, 2.24) is 0 Å². The minimum absolute atomic E-state index is 0.00863. The first-order valence-corrected chi connectivity index (χ1v) is 9.59. The lowest BCUT2D eigenvalue weighted by atomic mass is 9.95. The summed E-state index contributed by atoms with van der Waals surface area (Å²) in [5.41, 5.74) is -0.920. The number of hydrogen-bond donors (Lipinski definition) is 1. The van der Waals surface area contributed by atoms with Crippen LogP contribution in [-0.2, 0) is 18.4 Å². The summed E-state index contributed by atoms with van der Waals surface area (Å²) < 4.78 is 38.3. The van der Waals surface area contributed by atoms with Gasteiger partial charge < -0.3 is 14.4 Å². The molecule has 1 amide bonds. The Morgan fingerprint density at radius 2 is 1.78 bits per heavy atom. The highest BCUT2D eigenvalue weighted by atomic mass is 79.9. The smallest absolute Gasteiger partial charge is 0.322 e. The fourth-order valence-corrected chi connectivity index (χ4v) is 4.09. The van der Waals surface area contributed by atoms with Crippen molar-refractivity contribution >= 4 is 40.4 Å². The van der Waals surface area contributed by atoms with Crippen LogP contribution in [0.2, 0.25) is 0 Å². The van der Waals surface area contributed by atoms with E-state index in [4.69, 9.17) is 9.05 Å². The Morgan fingerprint density at radius 1 is 1.26 bits per heavy atom. The number of anilines is 1. The van der Waals surface area contributed by atoms with Gasteiger partial charge in [-0.3, -0.25) is 9.36 Å². The second-order valence-electron chi connectivity index (χ2n) is 5.82. The third kappa shape index (κ3) is 5.11. The molecule has 0 aliphatic rings. The number of amides is 1. The monoisotopic (exact) mass is 409 g/mol. The third-order valence-electron chi connectivity index (χ3n) is 2.85. The summed E-state index contributed by atoms with van der Waals surface area (Å²) in [7, 11) is -3.76. The van der Waals surface area contributed by atoms with Gasteiger partial charge in [0.1, 0.15) is 5.82 Å². The molecule has 0 heterocycles. The van der Waals surface area contributed by atoms with Gasteiger partial charge in [-0.25, -0.2) is 4.39 Å². The number of rotatable bonds is 6. The van der Waals surface area contributed by atoms with E-state index in [9.17, 15) is 13.8 Å². The average molecular weight is 410 g/mol. The molecule has 0 unspecified atom stereocenters. The van der Waals surface area contributed by atoms with Crippen molar-refractivity contribution in [2.75, 3.05) is 18.5 Å². The summed E-state index contributed by atoms with van der Waals surface area (Å²) in [5, 5.41) is 2.49. The molecule has 130 valence electrons. The van der Waals surface area contributed by atoms with E-state index in [0.717, 1.165) is 0 Å². The molecule has 0 saturated heterocycles. The summed E-state index contributed by atoms with van der Waals surface area (Å²) in [5.74, 6) is -1.12. The van der Waals surface area contributed by atoms with Crippen LogP contribution in [-0.4, -0.2) is 19.1 Å². The van der Waals surface area contributed by atoms with Gasteiger partial charge in [-0.1, -0.05) is 36.7 Å². The number of halogens is 2. The van der Waals surface area contributed by atoms with Crippen molar-refractivity contribution in [2.24, 2.45) is 5.41 Å². The molecule has 0 radical (unpaired) electrons. The van der Waals surface area contributed by atoms with Gasteiger partial charge in [-0.2, -0.15) is 0 Å². The number of carbonyl (C=O) groups is 1. The molecule has 0 fully saturated rings. The molecule has 1 aromatic carbocycles. The van der Waals surface area contributed by atoms with Gasteiger partial charge >= 0.3 is 7.60 Å². The Morgan fingerprint density at radius 3 is 2.22 bits per heavy atom. The van der Waals surface area contributed by atoms with Gasteiger partial charge in [0, 0.05) is 9.89 Å². The summed E-state index contributed by atoms with van der Waals surface area (Å²) >= 11 is 3.16. The van der Waals surface area contributed by atoms with Gasteiger partial charge in [-0.05, 0) is 26.0 Å². The van der Waals surface area contributed by atoms with Crippen LogP contribution in [0.5, 0.6) is 0 Å². The Bertz CT molecular complexity index is 621. The van der Waals surface area contributed by atoms with E-state index in [1.807, 2.05) is 0 Å². The molecule has 5 nitrogen and oxygen atoms in total. The molecule has 0 aliphatic carbocycles. The van der Waals surface area contributed by atoms with E-state index in [0.29, 0.717) is 4.47 Å². The zero-order chi connectivity index (χ0) is 17.8. The molecule has 1 rings (SSSR count). The molecular formula is C15H22BrFNO4P. The minimum atomic E-state index is -3.76. The van der Waals surface area contributed by atoms with Crippen molar-refractivity contribution in [2.45, 2.75) is 34.6 Å². The first-order chi connectivity index (χ1) is 10.5. The Balaban J connectivity index is 3.46. The molecule has 1 N–H and O–H groups in total. The summed E-state index contributed by atoms with van der Waals surface area (Å²) in [4.78, 5) is 12.2. The molecule has 0 bridgehead atoms. The fraction of sp³-hybridized carbons (Fsp3) is 0.533. The molecule has 0 aliphatic heterocycles. The fourth-order valence-electron chi connectivity index (χ4n) is 1.72. The highest BCUT2D eigenvalue weighted by Crippen LogP contribution is 2.49. The number of nitrogens with one attached hydrogen (secondary N) is 1. The normalized spacial score (nSPS) is 12.3. The van der Waals surface area contributed by atoms with Crippen LogP contribution in [0.1, 0.15) is 34.6 Å². The lowest BCUT2D eigenvalue weighted by molar-refractivity contribution is -0.123. The maximum atomic E-state index is 14.4. The van der Waals surface area contributed by atoms with Gasteiger partial charge in [0.25, 0.3) is 0 Å². The molecule has 0 aromatic heterocycles. The summed E-state index contributed by atoms with van der Waals surface area (Å²) in [6.07, 6.45) is 0. The Kier molecular flexibility index (Phi) is 6.95. The standard InChI is InChI=1S/C15H22BrFNO4P/c1-6-21-23(20,22-7-2)12-9-10(16)8-11(17)13(12)18-14(19)15(3,4)5/h8-9H,6-7H2,1-5H3,(H,18,19). The van der Waals surface area contributed by atoms with Crippen molar-refractivity contribution in [1.29, 1.82) is 0 Å². The Labute approximate surface area is 144 Å². The predicted octanol–water partition coefficient (Wildman–Crippen LogP) is 4.46. The van der Waals surface area contributed by atoms with Gasteiger partial charge in [0.15, 0.2) is 0 Å². The second-order valence-corrected chi connectivity index (χ2v) is 8.73. The van der Waals surface area contributed by atoms with E-state index in [1.165, 1.54) is 12.1 Å². The quantitative estimate of drug-likeness (QED) is 0.704. The van der Waals surface area contributed by atoms with Crippen LogP contribution in [0.15, 0.2) is 16.6 Å². The van der Waals surface area contributed by atoms with Crippen LogP contribution in [0.25, 0.3) is 0 Å².